The number of ether oxygens (including phenoxy) is 1. The van der Waals surface area contributed by atoms with Crippen LogP contribution >= 0.6 is 0 Å². The van der Waals surface area contributed by atoms with Crippen LogP contribution in [0.15, 0.2) is 12.1 Å². The molecule has 0 amide bonds. The van der Waals surface area contributed by atoms with Gasteiger partial charge in [-0.2, -0.15) is 13.9 Å². The van der Waals surface area contributed by atoms with Gasteiger partial charge in [0.1, 0.15) is 5.52 Å². The van der Waals surface area contributed by atoms with Crippen LogP contribution in [0.25, 0.3) is 10.9 Å². The number of fused-ring (bicyclic) bond motifs is 1. The summed E-state index contributed by atoms with van der Waals surface area (Å²) in [7, 11) is 0. The molecule has 1 unspecified atom stereocenters. The molecule has 0 spiro atoms. The first kappa shape index (κ1) is 15.7. The van der Waals surface area contributed by atoms with Crippen LogP contribution in [0.3, 0.4) is 0 Å². The molecule has 4 nitrogen and oxygen atoms in total. The Morgan fingerprint density at radius 1 is 1.29 bits per heavy atom. The van der Waals surface area contributed by atoms with Crippen molar-refractivity contribution in [1.29, 1.82) is 0 Å². The summed E-state index contributed by atoms with van der Waals surface area (Å²) in [5.41, 5.74) is 2.15. The van der Waals surface area contributed by atoms with Crippen LogP contribution in [-0.2, 0) is 0 Å². The van der Waals surface area contributed by atoms with Crippen LogP contribution in [0.5, 0.6) is 5.75 Å². The number of hydrogen-bond acceptors (Lipinski definition) is 3. The second-order valence-electron chi connectivity index (χ2n) is 5.55. The number of hydrogen-bond donors (Lipinski definition) is 1. The molecule has 0 aliphatic carbocycles. The maximum Gasteiger partial charge on any atom is 0.387 e. The Hall–Kier alpha value is -1.69. The number of aromatic nitrogens is 2. The highest BCUT2D eigenvalue weighted by molar-refractivity contribution is 5.88. The number of alkyl halides is 2. The van der Waals surface area contributed by atoms with Gasteiger partial charge in [0.05, 0.1) is 12.6 Å². The third kappa shape index (κ3) is 3.00. The minimum Gasteiger partial charge on any atom is -0.432 e. The Bertz CT molecular complexity index is 638. The fourth-order valence-corrected chi connectivity index (χ4v) is 2.50. The number of halogens is 2. The van der Waals surface area contributed by atoms with Gasteiger partial charge in [0.2, 0.25) is 0 Å². The van der Waals surface area contributed by atoms with Crippen molar-refractivity contribution >= 4 is 10.9 Å². The van der Waals surface area contributed by atoms with Gasteiger partial charge in [0.15, 0.2) is 5.75 Å². The Morgan fingerprint density at radius 2 is 1.95 bits per heavy atom. The van der Waals surface area contributed by atoms with Gasteiger partial charge in [0, 0.05) is 11.1 Å². The fraction of sp³-hybridized carbons (Fsp3) is 0.533. The lowest BCUT2D eigenvalue weighted by molar-refractivity contribution is -0.0489. The Kier molecular flexibility index (Phi) is 4.46. The molecule has 0 fully saturated rings. The average molecular weight is 298 g/mol. The summed E-state index contributed by atoms with van der Waals surface area (Å²) in [6.45, 7) is 4.71. The van der Waals surface area contributed by atoms with E-state index in [1.807, 2.05) is 33.8 Å². The fourth-order valence-electron chi connectivity index (χ4n) is 2.50. The highest BCUT2D eigenvalue weighted by atomic mass is 19.3. The van der Waals surface area contributed by atoms with Crippen molar-refractivity contribution < 1.29 is 18.6 Å². The van der Waals surface area contributed by atoms with E-state index in [4.69, 9.17) is 0 Å². The number of aryl methyl sites for hydroxylation is 1. The molecule has 1 aromatic carbocycles. The maximum absolute atomic E-state index is 12.6. The summed E-state index contributed by atoms with van der Waals surface area (Å²) in [4.78, 5) is 0. The standard InChI is InChI=1S/C15H20F2N2O2/c1-8(2)14-11-5-9(3)6-12(21-15(16)17)13(11)18-19(14)10(4)7-20/h5-6,8,10,15,20H,7H2,1-4H3. The van der Waals surface area contributed by atoms with E-state index in [1.54, 1.807) is 10.7 Å². The van der Waals surface area contributed by atoms with Crippen molar-refractivity contribution in [2.75, 3.05) is 6.61 Å². The van der Waals surface area contributed by atoms with Crippen LogP contribution in [-0.4, -0.2) is 28.1 Å². The molecule has 1 aromatic heterocycles. The first-order valence-corrected chi connectivity index (χ1v) is 6.93. The number of nitrogens with zero attached hydrogens (tertiary/aromatic N) is 2. The Balaban J connectivity index is 2.74. The molecular formula is C15H20F2N2O2. The van der Waals surface area contributed by atoms with E-state index >= 15 is 0 Å². The van der Waals surface area contributed by atoms with Crippen molar-refractivity contribution in [3.63, 3.8) is 0 Å². The van der Waals surface area contributed by atoms with E-state index < -0.39 is 6.61 Å². The molecule has 0 aliphatic rings. The molecule has 1 N–H and O–H groups in total. The van der Waals surface area contributed by atoms with Gasteiger partial charge >= 0.3 is 6.61 Å². The molecule has 1 atom stereocenters. The molecule has 0 saturated carbocycles. The first-order chi connectivity index (χ1) is 9.85. The SMILES string of the molecule is Cc1cc(OC(F)F)c2nn(C(C)CO)c(C(C)C)c2c1. The van der Waals surface area contributed by atoms with Crippen LogP contribution in [0.2, 0.25) is 0 Å². The Labute approximate surface area is 122 Å². The van der Waals surface area contributed by atoms with Gasteiger partial charge in [-0.25, -0.2) is 0 Å². The van der Waals surface area contributed by atoms with Crippen molar-refractivity contribution in [2.45, 2.75) is 46.3 Å². The molecule has 21 heavy (non-hydrogen) atoms. The molecule has 0 aliphatic heterocycles. The second kappa shape index (κ2) is 5.97. The molecule has 0 bridgehead atoms. The molecule has 6 heteroatoms. The minimum absolute atomic E-state index is 0.0717. The van der Waals surface area contributed by atoms with Crippen molar-refractivity contribution in [3.8, 4) is 5.75 Å². The van der Waals surface area contributed by atoms with Gasteiger partial charge in [-0.15, -0.1) is 0 Å². The van der Waals surface area contributed by atoms with Gasteiger partial charge in [0.25, 0.3) is 0 Å². The average Bonchev–Trinajstić information content (AvgIpc) is 2.76. The van der Waals surface area contributed by atoms with Crippen molar-refractivity contribution in [1.82, 2.24) is 9.78 Å². The zero-order chi connectivity index (χ0) is 15.7. The molecular weight excluding hydrogens is 278 g/mol. The number of rotatable bonds is 5. The third-order valence-corrected chi connectivity index (χ3v) is 3.39. The smallest absolute Gasteiger partial charge is 0.387 e. The predicted octanol–water partition coefficient (Wildman–Crippen LogP) is 3.62. The van der Waals surface area contributed by atoms with Gasteiger partial charge in [-0.1, -0.05) is 13.8 Å². The van der Waals surface area contributed by atoms with E-state index in [1.165, 1.54) is 0 Å². The van der Waals surface area contributed by atoms with E-state index in [0.29, 0.717) is 5.52 Å². The van der Waals surface area contributed by atoms with Crippen LogP contribution < -0.4 is 4.74 Å². The lowest BCUT2D eigenvalue weighted by Gasteiger charge is -2.15. The largest absolute Gasteiger partial charge is 0.432 e. The Morgan fingerprint density at radius 3 is 2.48 bits per heavy atom. The molecule has 2 aromatic rings. The lowest BCUT2D eigenvalue weighted by atomic mass is 10.0. The molecule has 116 valence electrons. The monoisotopic (exact) mass is 298 g/mol. The van der Waals surface area contributed by atoms with Crippen molar-refractivity contribution in [2.24, 2.45) is 0 Å². The van der Waals surface area contributed by atoms with E-state index in [-0.39, 0.29) is 24.3 Å². The highest BCUT2D eigenvalue weighted by Crippen LogP contribution is 2.34. The molecule has 0 saturated heterocycles. The zero-order valence-corrected chi connectivity index (χ0v) is 12.6. The second-order valence-corrected chi connectivity index (χ2v) is 5.55. The number of aliphatic hydroxyl groups is 1. The lowest BCUT2D eigenvalue weighted by Crippen LogP contribution is -2.14. The van der Waals surface area contributed by atoms with Crippen LogP contribution in [0.4, 0.5) is 8.78 Å². The van der Waals surface area contributed by atoms with Gasteiger partial charge < -0.3 is 9.84 Å². The van der Waals surface area contributed by atoms with E-state index in [9.17, 15) is 13.9 Å². The van der Waals surface area contributed by atoms with E-state index in [2.05, 4.69) is 9.84 Å². The van der Waals surface area contributed by atoms with Gasteiger partial charge in [-0.3, -0.25) is 4.68 Å². The minimum atomic E-state index is -2.89. The first-order valence-electron chi connectivity index (χ1n) is 6.93. The number of aliphatic hydroxyl groups excluding tert-OH is 1. The summed E-state index contributed by atoms with van der Waals surface area (Å²) in [6.07, 6.45) is 0. The zero-order valence-electron chi connectivity index (χ0n) is 12.6. The third-order valence-electron chi connectivity index (χ3n) is 3.39. The summed E-state index contributed by atoms with van der Waals surface area (Å²) in [6, 6.07) is 3.24. The summed E-state index contributed by atoms with van der Waals surface area (Å²) < 4.78 is 31.4. The van der Waals surface area contributed by atoms with Crippen LogP contribution in [0.1, 0.15) is 44.0 Å². The quantitative estimate of drug-likeness (QED) is 0.917. The predicted molar refractivity (Wildman–Crippen MR) is 77.0 cm³/mol. The summed E-state index contributed by atoms with van der Waals surface area (Å²) in [5.74, 6) is 0.219. The molecule has 2 rings (SSSR count). The molecule has 1 heterocycles. The highest BCUT2D eigenvalue weighted by Gasteiger charge is 2.21. The van der Waals surface area contributed by atoms with Crippen molar-refractivity contribution in [3.05, 3.63) is 23.4 Å². The van der Waals surface area contributed by atoms with E-state index in [0.717, 1.165) is 16.6 Å². The normalized spacial score (nSPS) is 13.4. The van der Waals surface area contributed by atoms with Gasteiger partial charge in [-0.05, 0) is 37.5 Å². The topological polar surface area (TPSA) is 47.3 Å². The molecule has 0 radical (unpaired) electrons. The number of benzene rings is 1. The summed E-state index contributed by atoms with van der Waals surface area (Å²) >= 11 is 0. The van der Waals surface area contributed by atoms with Crippen LogP contribution in [0, 0.1) is 6.92 Å². The maximum atomic E-state index is 12.6. The summed E-state index contributed by atoms with van der Waals surface area (Å²) in [5, 5.41) is 14.6.